The van der Waals surface area contributed by atoms with Gasteiger partial charge in [0.05, 0.1) is 6.61 Å². The van der Waals surface area contributed by atoms with Crippen molar-refractivity contribution < 1.29 is 9.84 Å². The van der Waals surface area contributed by atoms with E-state index < -0.39 is 0 Å². The highest BCUT2D eigenvalue weighted by molar-refractivity contribution is 5.20. The van der Waals surface area contributed by atoms with Gasteiger partial charge in [0.25, 0.3) is 0 Å². The lowest BCUT2D eigenvalue weighted by atomic mass is 10.3. The van der Waals surface area contributed by atoms with Crippen molar-refractivity contribution in [1.29, 1.82) is 0 Å². The molecule has 0 saturated carbocycles. The van der Waals surface area contributed by atoms with Gasteiger partial charge in [0.2, 0.25) is 0 Å². The van der Waals surface area contributed by atoms with Crippen LogP contribution in [-0.2, 0) is 0 Å². The molecule has 0 saturated heterocycles. The van der Waals surface area contributed by atoms with Crippen molar-refractivity contribution in [2.75, 3.05) is 26.3 Å². The van der Waals surface area contributed by atoms with E-state index in [0.29, 0.717) is 6.61 Å². The maximum atomic E-state index is 8.59. The molecule has 16 heavy (non-hydrogen) atoms. The summed E-state index contributed by atoms with van der Waals surface area (Å²) >= 11 is 0. The molecule has 1 aromatic carbocycles. The standard InChI is InChI=1S/C13H21NO2/c15-11-5-4-9-14-10-6-12-16-13-7-2-1-3-8-13/h1-3,7-8,14-15H,4-6,9-12H2. The number of benzene rings is 1. The van der Waals surface area contributed by atoms with Crippen LogP contribution < -0.4 is 10.1 Å². The van der Waals surface area contributed by atoms with Crippen molar-refractivity contribution in [2.24, 2.45) is 0 Å². The van der Waals surface area contributed by atoms with Gasteiger partial charge in [-0.2, -0.15) is 0 Å². The molecule has 0 aromatic heterocycles. The fourth-order valence-corrected chi connectivity index (χ4v) is 1.39. The van der Waals surface area contributed by atoms with Gasteiger partial charge < -0.3 is 15.2 Å². The topological polar surface area (TPSA) is 41.5 Å². The van der Waals surface area contributed by atoms with E-state index in [-0.39, 0.29) is 0 Å². The summed E-state index contributed by atoms with van der Waals surface area (Å²) in [4.78, 5) is 0. The van der Waals surface area contributed by atoms with Crippen LogP contribution in [0.4, 0.5) is 0 Å². The Kier molecular flexibility index (Phi) is 7.47. The van der Waals surface area contributed by atoms with Crippen LogP contribution in [0, 0.1) is 0 Å². The summed E-state index contributed by atoms with van der Waals surface area (Å²) in [6.07, 6.45) is 2.93. The first-order valence-electron chi connectivity index (χ1n) is 5.93. The monoisotopic (exact) mass is 223 g/mol. The van der Waals surface area contributed by atoms with Crippen LogP contribution in [0.1, 0.15) is 19.3 Å². The molecule has 90 valence electrons. The number of rotatable bonds is 9. The first kappa shape index (κ1) is 13.0. The van der Waals surface area contributed by atoms with Gasteiger partial charge in [0.1, 0.15) is 5.75 Å². The highest BCUT2D eigenvalue weighted by Crippen LogP contribution is 2.07. The summed E-state index contributed by atoms with van der Waals surface area (Å²) in [5, 5.41) is 11.9. The van der Waals surface area contributed by atoms with E-state index in [2.05, 4.69) is 5.32 Å². The maximum Gasteiger partial charge on any atom is 0.119 e. The van der Waals surface area contributed by atoms with Crippen LogP contribution in [0.25, 0.3) is 0 Å². The predicted molar refractivity (Wildman–Crippen MR) is 65.7 cm³/mol. The van der Waals surface area contributed by atoms with Gasteiger partial charge >= 0.3 is 0 Å². The van der Waals surface area contributed by atoms with Gasteiger partial charge in [-0.1, -0.05) is 18.2 Å². The van der Waals surface area contributed by atoms with Gasteiger partial charge in [-0.15, -0.1) is 0 Å². The molecule has 0 aliphatic rings. The molecule has 3 heteroatoms. The molecule has 0 spiro atoms. The third-order valence-electron chi connectivity index (χ3n) is 2.27. The van der Waals surface area contributed by atoms with Crippen molar-refractivity contribution in [1.82, 2.24) is 5.32 Å². The minimum atomic E-state index is 0.290. The predicted octanol–water partition coefficient (Wildman–Crippen LogP) is 1.82. The summed E-state index contributed by atoms with van der Waals surface area (Å²) in [6.45, 7) is 2.99. The van der Waals surface area contributed by atoms with Crippen LogP contribution >= 0.6 is 0 Å². The lowest BCUT2D eigenvalue weighted by molar-refractivity contribution is 0.282. The minimum absolute atomic E-state index is 0.290. The first-order valence-corrected chi connectivity index (χ1v) is 5.93. The van der Waals surface area contributed by atoms with Crippen LogP contribution in [0.3, 0.4) is 0 Å². The second kappa shape index (κ2) is 9.19. The molecule has 0 fully saturated rings. The molecular weight excluding hydrogens is 202 g/mol. The highest BCUT2D eigenvalue weighted by Gasteiger charge is 1.92. The Morgan fingerprint density at radius 2 is 1.75 bits per heavy atom. The second-order valence-corrected chi connectivity index (χ2v) is 3.70. The number of nitrogens with one attached hydrogen (secondary N) is 1. The fraction of sp³-hybridized carbons (Fsp3) is 0.538. The lowest BCUT2D eigenvalue weighted by Crippen LogP contribution is -2.18. The zero-order chi connectivity index (χ0) is 11.5. The molecule has 0 bridgehead atoms. The summed E-state index contributed by atoms with van der Waals surface area (Å²) in [6, 6.07) is 9.86. The number of ether oxygens (including phenoxy) is 1. The van der Waals surface area contributed by atoms with Crippen LogP contribution in [-0.4, -0.2) is 31.4 Å². The highest BCUT2D eigenvalue weighted by atomic mass is 16.5. The summed E-state index contributed by atoms with van der Waals surface area (Å²) in [5.74, 6) is 0.933. The smallest absolute Gasteiger partial charge is 0.119 e. The summed E-state index contributed by atoms with van der Waals surface area (Å²) in [7, 11) is 0. The molecule has 1 rings (SSSR count). The van der Waals surface area contributed by atoms with Gasteiger partial charge in [0, 0.05) is 6.61 Å². The fourth-order valence-electron chi connectivity index (χ4n) is 1.39. The number of hydrogen-bond acceptors (Lipinski definition) is 3. The Morgan fingerprint density at radius 1 is 1.00 bits per heavy atom. The van der Waals surface area contributed by atoms with Crippen molar-refractivity contribution >= 4 is 0 Å². The molecule has 0 amide bonds. The largest absolute Gasteiger partial charge is 0.494 e. The van der Waals surface area contributed by atoms with E-state index >= 15 is 0 Å². The average molecular weight is 223 g/mol. The summed E-state index contributed by atoms with van der Waals surface area (Å²) < 4.78 is 5.55. The van der Waals surface area contributed by atoms with Crippen LogP contribution in [0.5, 0.6) is 5.75 Å². The third kappa shape index (κ3) is 6.43. The molecule has 0 aliphatic heterocycles. The van der Waals surface area contributed by atoms with Crippen molar-refractivity contribution in [3.8, 4) is 5.75 Å². The molecule has 0 atom stereocenters. The van der Waals surface area contributed by atoms with Crippen molar-refractivity contribution in [3.05, 3.63) is 30.3 Å². The minimum Gasteiger partial charge on any atom is -0.494 e. The SMILES string of the molecule is OCCCCNCCCOc1ccccc1. The van der Waals surface area contributed by atoms with Gasteiger partial charge in [0.15, 0.2) is 0 Å². The zero-order valence-electron chi connectivity index (χ0n) is 9.69. The van der Waals surface area contributed by atoms with Crippen LogP contribution in [0.2, 0.25) is 0 Å². The molecular formula is C13H21NO2. The number of para-hydroxylation sites is 1. The average Bonchev–Trinajstić information content (AvgIpc) is 2.34. The van der Waals surface area contributed by atoms with E-state index in [1.165, 1.54) is 0 Å². The van der Waals surface area contributed by atoms with Gasteiger partial charge in [-0.05, 0) is 44.5 Å². The lowest BCUT2D eigenvalue weighted by Gasteiger charge is -2.06. The van der Waals surface area contributed by atoms with E-state index in [1.807, 2.05) is 30.3 Å². The number of aliphatic hydroxyl groups excluding tert-OH is 1. The molecule has 0 heterocycles. The second-order valence-electron chi connectivity index (χ2n) is 3.70. The third-order valence-corrected chi connectivity index (χ3v) is 2.27. The van der Waals surface area contributed by atoms with Gasteiger partial charge in [-0.3, -0.25) is 0 Å². The summed E-state index contributed by atoms with van der Waals surface area (Å²) in [5.41, 5.74) is 0. The Labute approximate surface area is 97.4 Å². The maximum absolute atomic E-state index is 8.59. The molecule has 0 unspecified atom stereocenters. The zero-order valence-corrected chi connectivity index (χ0v) is 9.69. The quantitative estimate of drug-likeness (QED) is 0.627. The van der Waals surface area contributed by atoms with E-state index in [4.69, 9.17) is 9.84 Å². The number of hydrogen-bond donors (Lipinski definition) is 2. The Balaban J connectivity index is 1.89. The van der Waals surface area contributed by atoms with E-state index in [9.17, 15) is 0 Å². The van der Waals surface area contributed by atoms with Crippen LogP contribution in [0.15, 0.2) is 30.3 Å². The van der Waals surface area contributed by atoms with E-state index in [1.54, 1.807) is 0 Å². The first-order chi connectivity index (χ1) is 7.93. The van der Waals surface area contributed by atoms with Gasteiger partial charge in [-0.25, -0.2) is 0 Å². The Bertz CT molecular complexity index is 251. The molecule has 0 aliphatic carbocycles. The Hall–Kier alpha value is -1.06. The van der Waals surface area contributed by atoms with E-state index in [0.717, 1.165) is 44.7 Å². The molecule has 0 radical (unpaired) electrons. The normalized spacial score (nSPS) is 10.3. The number of unbranched alkanes of at least 4 members (excludes halogenated alkanes) is 1. The molecule has 2 N–H and O–H groups in total. The number of aliphatic hydroxyl groups is 1. The van der Waals surface area contributed by atoms with Crippen molar-refractivity contribution in [3.63, 3.8) is 0 Å². The molecule has 1 aromatic rings. The Morgan fingerprint density at radius 3 is 2.50 bits per heavy atom. The van der Waals surface area contributed by atoms with Crippen molar-refractivity contribution in [2.45, 2.75) is 19.3 Å². The molecule has 3 nitrogen and oxygen atoms in total.